The zero-order valence-electron chi connectivity index (χ0n) is 15.0. The average Bonchev–Trinajstić information content (AvgIpc) is 2.96. The van der Waals surface area contributed by atoms with Gasteiger partial charge in [-0.3, -0.25) is 14.6 Å². The minimum absolute atomic E-state index is 0.211. The van der Waals surface area contributed by atoms with Crippen molar-refractivity contribution in [3.8, 4) is 0 Å². The molecule has 3 aliphatic heterocycles. The van der Waals surface area contributed by atoms with E-state index in [0.29, 0.717) is 24.7 Å². The van der Waals surface area contributed by atoms with E-state index in [-0.39, 0.29) is 5.91 Å². The largest absolute Gasteiger partial charge is 0.352 e. The monoisotopic (exact) mass is 342 g/mol. The third-order valence-electron chi connectivity index (χ3n) is 5.92. The molecule has 3 fully saturated rings. The van der Waals surface area contributed by atoms with Crippen molar-refractivity contribution >= 4 is 5.91 Å². The van der Waals surface area contributed by atoms with Gasteiger partial charge >= 0.3 is 0 Å². The molecule has 136 valence electrons. The molecule has 0 saturated carbocycles. The van der Waals surface area contributed by atoms with Crippen LogP contribution in [-0.2, 0) is 11.3 Å². The van der Waals surface area contributed by atoms with Crippen molar-refractivity contribution in [1.29, 1.82) is 0 Å². The number of nitrogens with one attached hydrogen (secondary N) is 2. The lowest BCUT2D eigenvalue weighted by Gasteiger charge is -2.35. The Morgan fingerprint density at radius 2 is 1.64 bits per heavy atom. The van der Waals surface area contributed by atoms with E-state index < -0.39 is 0 Å². The molecule has 1 aromatic carbocycles. The maximum absolute atomic E-state index is 12.4. The highest BCUT2D eigenvalue weighted by atomic mass is 16.2. The molecular weight excluding hydrogens is 312 g/mol. The predicted molar refractivity (Wildman–Crippen MR) is 99.3 cm³/mol. The van der Waals surface area contributed by atoms with Crippen LogP contribution in [0.2, 0.25) is 0 Å². The average molecular weight is 342 g/mol. The standard InChI is InChI=1S/C20H30N4O/c25-20(22-19-12-17-6-7-18(13-19)21-17)15-24-10-8-23(9-11-24)14-16-4-2-1-3-5-16/h1-5,17-19,21H,6-15H2,(H,22,25). The zero-order valence-corrected chi connectivity index (χ0v) is 15.0. The lowest BCUT2D eigenvalue weighted by atomic mass is 10.00. The van der Waals surface area contributed by atoms with Crippen LogP contribution < -0.4 is 10.6 Å². The Bertz CT molecular complexity index is 558. The minimum atomic E-state index is 0.211. The van der Waals surface area contributed by atoms with Crippen LogP contribution in [0, 0.1) is 0 Å². The number of hydrogen-bond acceptors (Lipinski definition) is 4. The van der Waals surface area contributed by atoms with Crippen molar-refractivity contribution < 1.29 is 4.79 Å². The smallest absolute Gasteiger partial charge is 0.234 e. The third kappa shape index (κ3) is 4.60. The van der Waals surface area contributed by atoms with Crippen LogP contribution in [0.4, 0.5) is 0 Å². The van der Waals surface area contributed by atoms with Crippen LogP contribution in [0.1, 0.15) is 31.2 Å². The Kier molecular flexibility index (Phi) is 5.34. The van der Waals surface area contributed by atoms with E-state index in [1.165, 1.54) is 18.4 Å². The molecule has 3 heterocycles. The Morgan fingerprint density at radius 1 is 1.00 bits per heavy atom. The summed E-state index contributed by atoms with van der Waals surface area (Å²) in [6.45, 7) is 5.62. The highest BCUT2D eigenvalue weighted by molar-refractivity contribution is 5.78. The molecule has 5 heteroatoms. The first kappa shape index (κ1) is 17.0. The molecule has 3 aliphatic rings. The van der Waals surface area contributed by atoms with E-state index in [4.69, 9.17) is 0 Å². The van der Waals surface area contributed by atoms with Gasteiger partial charge in [-0.2, -0.15) is 0 Å². The Morgan fingerprint density at radius 3 is 2.32 bits per heavy atom. The van der Waals surface area contributed by atoms with Crippen LogP contribution in [-0.4, -0.2) is 66.6 Å². The fraction of sp³-hybridized carbons (Fsp3) is 0.650. The van der Waals surface area contributed by atoms with Crippen molar-refractivity contribution in [3.63, 3.8) is 0 Å². The van der Waals surface area contributed by atoms with Crippen LogP contribution in [0.15, 0.2) is 30.3 Å². The van der Waals surface area contributed by atoms with Crippen LogP contribution >= 0.6 is 0 Å². The van der Waals surface area contributed by atoms with E-state index in [1.54, 1.807) is 0 Å². The summed E-state index contributed by atoms with van der Waals surface area (Å²) in [4.78, 5) is 17.2. The number of hydrogen-bond donors (Lipinski definition) is 2. The number of fused-ring (bicyclic) bond motifs is 2. The SMILES string of the molecule is O=C(CN1CCN(Cc2ccccc2)CC1)NC1CC2CCC(C1)N2. The van der Waals surface area contributed by atoms with Crippen molar-refractivity contribution in [2.75, 3.05) is 32.7 Å². The van der Waals surface area contributed by atoms with Gasteiger partial charge in [0.25, 0.3) is 0 Å². The molecule has 3 saturated heterocycles. The van der Waals surface area contributed by atoms with Gasteiger partial charge in [-0.25, -0.2) is 0 Å². The number of carbonyl (C=O) groups is 1. The highest BCUT2D eigenvalue weighted by Gasteiger charge is 2.34. The molecule has 0 aromatic heterocycles. The number of carbonyl (C=O) groups excluding carboxylic acids is 1. The second kappa shape index (κ2) is 7.85. The lowest BCUT2D eigenvalue weighted by molar-refractivity contribution is -0.123. The van der Waals surface area contributed by atoms with Crippen LogP contribution in [0.5, 0.6) is 0 Å². The summed E-state index contributed by atoms with van der Waals surface area (Å²) in [5.41, 5.74) is 1.37. The quantitative estimate of drug-likeness (QED) is 0.844. The molecule has 2 atom stereocenters. The summed E-state index contributed by atoms with van der Waals surface area (Å²) in [5, 5.41) is 6.92. The first-order chi connectivity index (χ1) is 12.2. The molecule has 2 bridgehead atoms. The van der Waals surface area contributed by atoms with E-state index in [0.717, 1.165) is 45.6 Å². The summed E-state index contributed by atoms with van der Waals surface area (Å²) in [7, 11) is 0. The molecule has 1 amide bonds. The number of piperazine rings is 1. The summed E-state index contributed by atoms with van der Waals surface area (Å²) in [6, 6.07) is 12.3. The van der Waals surface area contributed by atoms with Crippen molar-refractivity contribution in [2.45, 2.75) is 50.4 Å². The Labute approximate surface area is 150 Å². The van der Waals surface area contributed by atoms with Gasteiger partial charge in [-0.15, -0.1) is 0 Å². The Balaban J connectivity index is 1.17. The summed E-state index contributed by atoms with van der Waals surface area (Å²) in [6.07, 6.45) is 4.76. The van der Waals surface area contributed by atoms with E-state index in [1.807, 2.05) is 0 Å². The Hall–Kier alpha value is -1.43. The van der Waals surface area contributed by atoms with Gasteiger partial charge in [0.15, 0.2) is 0 Å². The summed E-state index contributed by atoms with van der Waals surface area (Å²) >= 11 is 0. The van der Waals surface area contributed by atoms with E-state index in [9.17, 15) is 4.79 Å². The summed E-state index contributed by atoms with van der Waals surface area (Å²) in [5.74, 6) is 0.211. The van der Waals surface area contributed by atoms with Crippen molar-refractivity contribution in [2.24, 2.45) is 0 Å². The van der Waals surface area contributed by atoms with Crippen LogP contribution in [0.3, 0.4) is 0 Å². The number of nitrogens with zero attached hydrogens (tertiary/aromatic N) is 2. The molecule has 2 unspecified atom stereocenters. The molecule has 25 heavy (non-hydrogen) atoms. The molecule has 0 spiro atoms. The van der Waals surface area contributed by atoms with Gasteiger partial charge < -0.3 is 10.6 Å². The number of rotatable bonds is 5. The van der Waals surface area contributed by atoms with Gasteiger partial charge in [-0.05, 0) is 31.2 Å². The second-order valence-corrected chi connectivity index (χ2v) is 7.91. The highest BCUT2D eigenvalue weighted by Crippen LogP contribution is 2.26. The van der Waals surface area contributed by atoms with Gasteiger partial charge in [0.05, 0.1) is 6.54 Å². The molecule has 4 rings (SSSR count). The second-order valence-electron chi connectivity index (χ2n) is 7.91. The molecular formula is C20H30N4O. The first-order valence-electron chi connectivity index (χ1n) is 9.78. The van der Waals surface area contributed by atoms with Gasteiger partial charge in [0.2, 0.25) is 5.91 Å². The van der Waals surface area contributed by atoms with Gasteiger partial charge in [0.1, 0.15) is 0 Å². The third-order valence-corrected chi connectivity index (χ3v) is 5.92. The molecule has 0 aliphatic carbocycles. The zero-order chi connectivity index (χ0) is 17.1. The fourth-order valence-corrected chi connectivity index (χ4v) is 4.60. The fourth-order valence-electron chi connectivity index (χ4n) is 4.60. The van der Waals surface area contributed by atoms with Crippen molar-refractivity contribution in [3.05, 3.63) is 35.9 Å². The minimum Gasteiger partial charge on any atom is -0.352 e. The van der Waals surface area contributed by atoms with Gasteiger partial charge in [0, 0.05) is 50.8 Å². The normalized spacial score (nSPS) is 30.3. The van der Waals surface area contributed by atoms with E-state index >= 15 is 0 Å². The number of piperidine rings is 1. The first-order valence-corrected chi connectivity index (χ1v) is 9.78. The maximum Gasteiger partial charge on any atom is 0.234 e. The topological polar surface area (TPSA) is 47.6 Å². The van der Waals surface area contributed by atoms with Crippen LogP contribution in [0.25, 0.3) is 0 Å². The van der Waals surface area contributed by atoms with Crippen molar-refractivity contribution in [1.82, 2.24) is 20.4 Å². The number of benzene rings is 1. The summed E-state index contributed by atoms with van der Waals surface area (Å²) < 4.78 is 0. The molecule has 1 aromatic rings. The molecule has 2 N–H and O–H groups in total. The van der Waals surface area contributed by atoms with Gasteiger partial charge in [-0.1, -0.05) is 30.3 Å². The number of amides is 1. The predicted octanol–water partition coefficient (Wildman–Crippen LogP) is 1.20. The maximum atomic E-state index is 12.4. The molecule has 0 radical (unpaired) electrons. The molecule has 5 nitrogen and oxygen atoms in total. The lowest BCUT2D eigenvalue weighted by Crippen LogP contribution is -2.52. The van der Waals surface area contributed by atoms with E-state index in [2.05, 4.69) is 50.8 Å².